The molecule has 0 spiro atoms. The normalized spacial score (nSPS) is 28.9. The molecule has 0 bridgehead atoms. The van der Waals surface area contributed by atoms with Gasteiger partial charge in [0.2, 0.25) is 11.8 Å². The van der Waals surface area contributed by atoms with Gasteiger partial charge in [-0.25, -0.2) is 4.79 Å². The average Bonchev–Trinajstić information content (AvgIpc) is 2.83. The summed E-state index contributed by atoms with van der Waals surface area (Å²) in [4.78, 5) is 38.0. The first-order chi connectivity index (χ1) is 10.9. The van der Waals surface area contributed by atoms with Gasteiger partial charge in [0.25, 0.3) is 0 Å². The summed E-state index contributed by atoms with van der Waals surface area (Å²) in [5.74, 6) is -1.61. The predicted octanol–water partition coefficient (Wildman–Crippen LogP) is 0.467. The van der Waals surface area contributed by atoms with Gasteiger partial charge < -0.3 is 20.4 Å². The van der Waals surface area contributed by atoms with Crippen LogP contribution in [0.5, 0.6) is 0 Å². The molecule has 2 amide bonds. The molecule has 2 aliphatic rings. The lowest BCUT2D eigenvalue weighted by molar-refractivity contribution is -0.152. The third-order valence-corrected chi connectivity index (χ3v) is 5.50. The summed E-state index contributed by atoms with van der Waals surface area (Å²) >= 11 is 0. The number of aliphatic hydroxyl groups is 1. The molecular weight excluding hydrogens is 312 g/mol. The largest absolute Gasteiger partial charge is 0.480 e. The molecule has 3 N–H and O–H groups in total. The molecule has 0 radical (unpaired) electrons. The van der Waals surface area contributed by atoms with E-state index in [1.165, 1.54) is 4.90 Å². The van der Waals surface area contributed by atoms with Crippen LogP contribution in [0.15, 0.2) is 0 Å². The number of aliphatic carboxylic acids is 1. The molecule has 2 rings (SSSR count). The van der Waals surface area contributed by atoms with Gasteiger partial charge in [0.15, 0.2) is 0 Å². The van der Waals surface area contributed by atoms with E-state index in [1.54, 1.807) is 0 Å². The first kappa shape index (κ1) is 18.7. The van der Waals surface area contributed by atoms with Crippen molar-refractivity contribution in [2.75, 3.05) is 13.2 Å². The average molecular weight is 340 g/mol. The minimum absolute atomic E-state index is 0.0345. The molecule has 1 saturated heterocycles. The number of hydrogen-bond donors (Lipinski definition) is 3. The molecule has 0 unspecified atom stereocenters. The van der Waals surface area contributed by atoms with Crippen molar-refractivity contribution in [2.45, 2.75) is 53.1 Å². The number of carbonyl (C=O) groups is 3. The highest BCUT2D eigenvalue weighted by Crippen LogP contribution is 2.64. The molecule has 7 nitrogen and oxygen atoms in total. The van der Waals surface area contributed by atoms with Gasteiger partial charge in [-0.15, -0.1) is 0 Å². The molecule has 0 aromatic heterocycles. The zero-order valence-electron chi connectivity index (χ0n) is 15.0. The van der Waals surface area contributed by atoms with Gasteiger partial charge >= 0.3 is 5.97 Å². The molecule has 4 atom stereocenters. The molecule has 1 aliphatic heterocycles. The fourth-order valence-corrected chi connectivity index (χ4v) is 3.94. The number of carboxylic acids is 1. The SMILES string of the molecule is CC(C)(C)[C@H](NC(=O)CCO)C(=O)N1C[C@H]2[C@@H]([C@H]1C(=O)O)C2(C)C. The Morgan fingerprint density at radius 2 is 1.88 bits per heavy atom. The number of rotatable bonds is 5. The topological polar surface area (TPSA) is 107 Å². The van der Waals surface area contributed by atoms with E-state index >= 15 is 0 Å². The zero-order chi connectivity index (χ0) is 18.4. The number of likely N-dealkylation sites (tertiary alicyclic amines) is 1. The first-order valence-corrected chi connectivity index (χ1v) is 8.36. The fraction of sp³-hybridized carbons (Fsp3) is 0.824. The van der Waals surface area contributed by atoms with Gasteiger partial charge in [-0.05, 0) is 16.7 Å². The van der Waals surface area contributed by atoms with Crippen molar-refractivity contribution < 1.29 is 24.6 Å². The number of nitrogens with one attached hydrogen (secondary N) is 1. The Hall–Kier alpha value is -1.63. The van der Waals surface area contributed by atoms with Crippen molar-refractivity contribution >= 4 is 17.8 Å². The Labute approximate surface area is 142 Å². The molecule has 2 fully saturated rings. The van der Waals surface area contributed by atoms with Crippen molar-refractivity contribution in [3.63, 3.8) is 0 Å². The van der Waals surface area contributed by atoms with E-state index in [2.05, 4.69) is 5.32 Å². The highest BCUT2D eigenvalue weighted by atomic mass is 16.4. The Bertz CT molecular complexity index is 552. The monoisotopic (exact) mass is 340 g/mol. The van der Waals surface area contributed by atoms with Gasteiger partial charge in [-0.1, -0.05) is 34.6 Å². The molecule has 7 heteroatoms. The lowest BCUT2D eigenvalue weighted by Crippen LogP contribution is -2.58. The van der Waals surface area contributed by atoms with Crippen LogP contribution in [0, 0.1) is 22.7 Å². The van der Waals surface area contributed by atoms with E-state index in [-0.39, 0.29) is 36.2 Å². The third-order valence-electron chi connectivity index (χ3n) is 5.50. The van der Waals surface area contributed by atoms with Crippen molar-refractivity contribution in [1.82, 2.24) is 10.2 Å². The zero-order valence-corrected chi connectivity index (χ0v) is 15.0. The highest BCUT2D eigenvalue weighted by molar-refractivity contribution is 5.92. The third kappa shape index (κ3) is 3.14. The summed E-state index contributed by atoms with van der Waals surface area (Å²) < 4.78 is 0. The van der Waals surface area contributed by atoms with Crippen molar-refractivity contribution in [3.8, 4) is 0 Å². The number of fused-ring (bicyclic) bond motifs is 1. The molecule has 1 saturated carbocycles. The van der Waals surface area contributed by atoms with Crippen LogP contribution in [0.1, 0.15) is 41.0 Å². The number of carbonyl (C=O) groups excluding carboxylic acids is 2. The van der Waals surface area contributed by atoms with Crippen molar-refractivity contribution in [1.29, 1.82) is 0 Å². The standard InChI is InChI=1S/C17H28N2O5/c1-16(2,3)13(18-10(21)6-7-20)14(22)19-8-9-11(17(9,4)5)12(19)15(23)24/h9,11-13,20H,6-8H2,1-5H3,(H,18,21)(H,23,24)/t9-,11-,12-,13+/m0/s1. The van der Waals surface area contributed by atoms with Crippen LogP contribution in [0.3, 0.4) is 0 Å². The summed E-state index contributed by atoms with van der Waals surface area (Å²) in [7, 11) is 0. The van der Waals surface area contributed by atoms with Crippen molar-refractivity contribution in [2.24, 2.45) is 22.7 Å². The molecule has 1 heterocycles. The van der Waals surface area contributed by atoms with E-state index in [0.29, 0.717) is 6.54 Å². The summed E-state index contributed by atoms with van der Waals surface area (Å²) in [6.07, 6.45) is -0.0828. The number of amides is 2. The van der Waals surface area contributed by atoms with E-state index in [4.69, 9.17) is 5.11 Å². The van der Waals surface area contributed by atoms with E-state index in [9.17, 15) is 19.5 Å². The smallest absolute Gasteiger partial charge is 0.326 e. The molecule has 24 heavy (non-hydrogen) atoms. The minimum atomic E-state index is -0.990. The summed E-state index contributed by atoms with van der Waals surface area (Å²) in [5.41, 5.74) is -0.620. The van der Waals surface area contributed by atoms with Gasteiger partial charge in [-0.3, -0.25) is 9.59 Å². The summed E-state index contributed by atoms with van der Waals surface area (Å²) in [6, 6.07) is -1.66. The summed E-state index contributed by atoms with van der Waals surface area (Å²) in [6.45, 7) is 9.66. The Morgan fingerprint density at radius 3 is 2.33 bits per heavy atom. The van der Waals surface area contributed by atoms with Crippen LogP contribution >= 0.6 is 0 Å². The lowest BCUT2D eigenvalue weighted by atomic mass is 9.85. The first-order valence-electron chi connectivity index (χ1n) is 8.36. The molecule has 136 valence electrons. The van der Waals surface area contributed by atoms with Gasteiger partial charge in [0.1, 0.15) is 12.1 Å². The van der Waals surface area contributed by atoms with Crippen molar-refractivity contribution in [3.05, 3.63) is 0 Å². The number of piperidine rings is 1. The van der Waals surface area contributed by atoms with E-state index < -0.39 is 29.4 Å². The van der Waals surface area contributed by atoms with E-state index in [0.717, 1.165) is 0 Å². The van der Waals surface area contributed by atoms with Gasteiger partial charge in [-0.2, -0.15) is 0 Å². The van der Waals surface area contributed by atoms with Crippen LogP contribution < -0.4 is 5.32 Å². The maximum Gasteiger partial charge on any atom is 0.326 e. The van der Waals surface area contributed by atoms with Crippen LogP contribution in [0.4, 0.5) is 0 Å². The fourth-order valence-electron chi connectivity index (χ4n) is 3.94. The minimum Gasteiger partial charge on any atom is -0.480 e. The number of nitrogens with zero attached hydrogens (tertiary/aromatic N) is 1. The lowest BCUT2D eigenvalue weighted by Gasteiger charge is -2.36. The predicted molar refractivity (Wildman–Crippen MR) is 87.0 cm³/mol. The second-order valence-electron chi connectivity index (χ2n) is 8.57. The van der Waals surface area contributed by atoms with Gasteiger partial charge in [0.05, 0.1) is 6.61 Å². The Kier molecular flexibility index (Phi) is 4.69. The quantitative estimate of drug-likeness (QED) is 0.674. The Balaban J connectivity index is 2.21. The van der Waals surface area contributed by atoms with Gasteiger partial charge in [0, 0.05) is 18.9 Å². The van der Waals surface area contributed by atoms with Crippen LogP contribution in [-0.2, 0) is 14.4 Å². The number of aliphatic hydroxyl groups excluding tert-OH is 1. The molecule has 0 aromatic rings. The maximum atomic E-state index is 13.0. The summed E-state index contributed by atoms with van der Waals surface area (Å²) in [5, 5.41) is 21.1. The maximum absolute atomic E-state index is 13.0. The second-order valence-corrected chi connectivity index (χ2v) is 8.57. The van der Waals surface area contributed by atoms with Crippen LogP contribution in [-0.4, -0.2) is 58.1 Å². The number of hydrogen-bond acceptors (Lipinski definition) is 4. The molecule has 1 aliphatic carbocycles. The molecule has 0 aromatic carbocycles. The van der Waals surface area contributed by atoms with Crippen LogP contribution in [0.25, 0.3) is 0 Å². The highest BCUT2D eigenvalue weighted by Gasteiger charge is 2.70. The second kappa shape index (κ2) is 6.02. The van der Waals surface area contributed by atoms with E-state index in [1.807, 2.05) is 34.6 Å². The molecular formula is C17H28N2O5. The van der Waals surface area contributed by atoms with Crippen LogP contribution in [0.2, 0.25) is 0 Å². The number of carboxylic acid groups (broad SMARTS) is 1. The Morgan fingerprint density at radius 1 is 1.29 bits per heavy atom.